The van der Waals surface area contributed by atoms with E-state index in [1.54, 1.807) is 19.2 Å². The average Bonchev–Trinajstić information content (AvgIpc) is 2.77. The highest BCUT2D eigenvalue weighted by molar-refractivity contribution is 6.09. The molecule has 0 bridgehead atoms. The maximum atomic E-state index is 13.0. The summed E-state index contributed by atoms with van der Waals surface area (Å²) in [6.45, 7) is 2.84. The molecule has 1 aliphatic rings. The van der Waals surface area contributed by atoms with E-state index in [0.717, 1.165) is 5.56 Å². The highest BCUT2D eigenvalue weighted by Gasteiger charge is 2.45. The fraction of sp³-hybridized carbons (Fsp3) is 0.429. The van der Waals surface area contributed by atoms with E-state index in [2.05, 4.69) is 15.6 Å². The summed E-state index contributed by atoms with van der Waals surface area (Å²) in [5, 5.41) is 5.83. The van der Waals surface area contributed by atoms with Gasteiger partial charge in [0.15, 0.2) is 5.96 Å². The minimum atomic E-state index is -0.889. The highest BCUT2D eigenvalue weighted by Crippen LogP contribution is 2.28. The van der Waals surface area contributed by atoms with E-state index in [1.165, 1.54) is 12.1 Å². The van der Waals surface area contributed by atoms with Crippen molar-refractivity contribution in [3.63, 3.8) is 0 Å². The fourth-order valence-corrected chi connectivity index (χ4v) is 2.22. The quantitative estimate of drug-likeness (QED) is 0.795. The molecule has 0 spiro atoms. The van der Waals surface area contributed by atoms with Crippen molar-refractivity contribution in [2.24, 2.45) is 4.99 Å². The molecule has 1 heterocycles. The van der Waals surface area contributed by atoms with Crippen LogP contribution in [0.5, 0.6) is 0 Å². The normalized spacial score (nSPS) is 23.8. The largest absolute Gasteiger partial charge is 0.383 e. The van der Waals surface area contributed by atoms with Crippen LogP contribution in [0.4, 0.5) is 4.39 Å². The Hall–Kier alpha value is -1.95. The second kappa shape index (κ2) is 6.00. The summed E-state index contributed by atoms with van der Waals surface area (Å²) in [4.78, 5) is 16.5. The Morgan fingerprint density at radius 2 is 2.05 bits per heavy atom. The van der Waals surface area contributed by atoms with E-state index < -0.39 is 5.54 Å². The predicted molar refractivity (Wildman–Crippen MR) is 73.8 cm³/mol. The molecule has 1 aromatic carbocycles. The Balaban J connectivity index is 2.25. The zero-order chi connectivity index (χ0) is 14.6. The minimum absolute atomic E-state index is 0.178. The first kappa shape index (κ1) is 14.5. The molecule has 1 aliphatic heterocycles. The van der Waals surface area contributed by atoms with Crippen molar-refractivity contribution in [2.75, 3.05) is 20.3 Å². The Kier molecular flexibility index (Phi) is 4.34. The number of guanidine groups is 1. The van der Waals surface area contributed by atoms with Gasteiger partial charge in [-0.05, 0) is 24.1 Å². The van der Waals surface area contributed by atoms with Gasteiger partial charge in [0.2, 0.25) is 0 Å². The molecule has 108 valence electrons. The third-order valence-electron chi connectivity index (χ3n) is 3.38. The number of carbonyl (C=O) groups excluding carboxylic acids is 1. The molecule has 2 N–H and O–H groups in total. The van der Waals surface area contributed by atoms with Gasteiger partial charge in [-0.15, -0.1) is 0 Å². The second-order valence-electron chi connectivity index (χ2n) is 4.57. The number of aliphatic imine (C=N–C) groups is 1. The summed E-state index contributed by atoms with van der Waals surface area (Å²) >= 11 is 0. The Labute approximate surface area is 117 Å². The predicted octanol–water partition coefficient (Wildman–Crippen LogP) is 1.15. The van der Waals surface area contributed by atoms with Crippen molar-refractivity contribution in [3.05, 3.63) is 35.6 Å². The molecule has 0 saturated carbocycles. The van der Waals surface area contributed by atoms with E-state index in [0.29, 0.717) is 25.5 Å². The third kappa shape index (κ3) is 2.65. The van der Waals surface area contributed by atoms with Gasteiger partial charge in [0.1, 0.15) is 11.4 Å². The van der Waals surface area contributed by atoms with E-state index in [1.807, 2.05) is 6.92 Å². The lowest BCUT2D eigenvalue weighted by Crippen LogP contribution is -2.43. The van der Waals surface area contributed by atoms with Gasteiger partial charge >= 0.3 is 0 Å². The molecular weight excluding hydrogens is 261 g/mol. The third-order valence-corrected chi connectivity index (χ3v) is 3.38. The topological polar surface area (TPSA) is 62.7 Å². The SMILES string of the molecule is CCC1(c2ccc(F)cc2)NC(=NCCOC)NC1=O. The summed E-state index contributed by atoms with van der Waals surface area (Å²) < 4.78 is 17.9. The average molecular weight is 279 g/mol. The number of rotatable bonds is 5. The number of benzene rings is 1. The van der Waals surface area contributed by atoms with Crippen LogP contribution in [0.3, 0.4) is 0 Å². The van der Waals surface area contributed by atoms with E-state index >= 15 is 0 Å². The highest BCUT2D eigenvalue weighted by atomic mass is 19.1. The molecule has 1 aromatic rings. The smallest absolute Gasteiger partial charge is 0.257 e. The van der Waals surface area contributed by atoms with Gasteiger partial charge in [0.25, 0.3) is 5.91 Å². The fourth-order valence-electron chi connectivity index (χ4n) is 2.22. The van der Waals surface area contributed by atoms with Gasteiger partial charge in [-0.2, -0.15) is 0 Å². The van der Waals surface area contributed by atoms with Gasteiger partial charge in [-0.25, -0.2) is 4.39 Å². The number of hydrogen-bond donors (Lipinski definition) is 2. The number of amides is 1. The zero-order valence-corrected chi connectivity index (χ0v) is 11.6. The maximum Gasteiger partial charge on any atom is 0.257 e. The van der Waals surface area contributed by atoms with E-state index in [4.69, 9.17) is 4.74 Å². The molecule has 0 radical (unpaired) electrons. The van der Waals surface area contributed by atoms with Gasteiger partial charge in [-0.1, -0.05) is 19.1 Å². The maximum absolute atomic E-state index is 13.0. The van der Waals surface area contributed by atoms with Gasteiger partial charge in [0, 0.05) is 7.11 Å². The van der Waals surface area contributed by atoms with Gasteiger partial charge in [-0.3, -0.25) is 15.1 Å². The molecule has 6 heteroatoms. The molecule has 0 aromatic heterocycles. The van der Waals surface area contributed by atoms with Crippen LogP contribution < -0.4 is 10.6 Å². The summed E-state index contributed by atoms with van der Waals surface area (Å²) in [5.74, 6) is -0.0756. The van der Waals surface area contributed by atoms with Crippen LogP contribution in [0.1, 0.15) is 18.9 Å². The number of hydrogen-bond acceptors (Lipinski definition) is 3. The van der Waals surface area contributed by atoms with E-state index in [-0.39, 0.29) is 11.7 Å². The molecule has 1 fully saturated rings. The molecule has 1 amide bonds. The summed E-state index contributed by atoms with van der Waals surface area (Å²) in [5.41, 5.74) is -0.171. The molecule has 1 unspecified atom stereocenters. The Bertz CT molecular complexity index is 516. The summed E-state index contributed by atoms with van der Waals surface area (Å²) in [7, 11) is 1.59. The van der Waals surface area contributed by atoms with Crippen LogP contribution in [0.2, 0.25) is 0 Å². The Morgan fingerprint density at radius 1 is 1.35 bits per heavy atom. The lowest BCUT2D eigenvalue weighted by molar-refractivity contribution is -0.124. The number of halogens is 1. The van der Waals surface area contributed by atoms with Gasteiger partial charge < -0.3 is 10.1 Å². The standard InChI is InChI=1S/C14H18FN3O2/c1-3-14(10-4-6-11(15)7-5-10)12(19)17-13(18-14)16-8-9-20-2/h4-7H,3,8-9H2,1-2H3,(H2,16,17,18,19). The van der Waals surface area contributed by atoms with Crippen LogP contribution in [0.25, 0.3) is 0 Å². The van der Waals surface area contributed by atoms with Crippen LogP contribution in [-0.4, -0.2) is 32.1 Å². The number of nitrogens with zero attached hydrogens (tertiary/aromatic N) is 1. The van der Waals surface area contributed by atoms with Crippen LogP contribution in [-0.2, 0) is 15.1 Å². The minimum Gasteiger partial charge on any atom is -0.383 e. The first-order valence-corrected chi connectivity index (χ1v) is 6.51. The van der Waals surface area contributed by atoms with Crippen molar-refractivity contribution in [2.45, 2.75) is 18.9 Å². The monoisotopic (exact) mass is 279 g/mol. The number of carbonyl (C=O) groups is 1. The van der Waals surface area contributed by atoms with Crippen molar-refractivity contribution < 1.29 is 13.9 Å². The molecule has 1 atom stereocenters. The van der Waals surface area contributed by atoms with Crippen LogP contribution >= 0.6 is 0 Å². The summed E-state index contributed by atoms with van der Waals surface area (Å²) in [6.07, 6.45) is 0.535. The molecule has 5 nitrogen and oxygen atoms in total. The second-order valence-corrected chi connectivity index (χ2v) is 4.57. The van der Waals surface area contributed by atoms with Crippen molar-refractivity contribution in [3.8, 4) is 0 Å². The number of methoxy groups -OCH3 is 1. The van der Waals surface area contributed by atoms with Crippen molar-refractivity contribution in [1.29, 1.82) is 0 Å². The van der Waals surface area contributed by atoms with Crippen LogP contribution in [0, 0.1) is 5.82 Å². The molecule has 2 rings (SSSR count). The molecule has 0 aliphatic carbocycles. The van der Waals surface area contributed by atoms with Gasteiger partial charge in [0.05, 0.1) is 13.2 Å². The van der Waals surface area contributed by atoms with Crippen LogP contribution in [0.15, 0.2) is 29.3 Å². The lowest BCUT2D eigenvalue weighted by atomic mass is 9.87. The lowest BCUT2D eigenvalue weighted by Gasteiger charge is -2.25. The number of ether oxygens (including phenoxy) is 1. The van der Waals surface area contributed by atoms with E-state index in [9.17, 15) is 9.18 Å². The molecule has 1 saturated heterocycles. The molecule has 20 heavy (non-hydrogen) atoms. The Morgan fingerprint density at radius 3 is 2.65 bits per heavy atom. The van der Waals surface area contributed by atoms with Crippen molar-refractivity contribution in [1.82, 2.24) is 10.6 Å². The number of nitrogens with one attached hydrogen (secondary N) is 2. The summed E-state index contributed by atoms with van der Waals surface area (Å²) in [6, 6.07) is 5.93. The first-order valence-electron chi connectivity index (χ1n) is 6.51. The molecular formula is C14H18FN3O2. The first-order chi connectivity index (χ1) is 9.62. The van der Waals surface area contributed by atoms with Crippen molar-refractivity contribution >= 4 is 11.9 Å². The zero-order valence-electron chi connectivity index (χ0n) is 11.6.